The molecule has 1 heterocycles. The molecule has 0 bridgehead atoms. The minimum absolute atomic E-state index is 0.0531. The van der Waals surface area contributed by atoms with Crippen LogP contribution in [0.2, 0.25) is 0 Å². The lowest BCUT2D eigenvalue weighted by Gasteiger charge is -2.02. The van der Waals surface area contributed by atoms with Crippen molar-refractivity contribution in [2.45, 2.75) is 4.90 Å². The number of fused-ring (bicyclic) bond motifs is 1. The summed E-state index contributed by atoms with van der Waals surface area (Å²) in [4.78, 5) is 9.78. The van der Waals surface area contributed by atoms with Gasteiger partial charge in [-0.25, -0.2) is 0 Å². The molecule has 8 nitrogen and oxygen atoms in total. The van der Waals surface area contributed by atoms with Gasteiger partial charge in [-0.05, 0) is 5.18 Å². The molecule has 0 fully saturated rings. The van der Waals surface area contributed by atoms with E-state index >= 15 is 0 Å². The van der Waals surface area contributed by atoms with Crippen LogP contribution in [0.3, 0.4) is 0 Å². The van der Waals surface area contributed by atoms with Crippen molar-refractivity contribution in [3.05, 3.63) is 17.2 Å². The van der Waals surface area contributed by atoms with Crippen LogP contribution in [0.4, 0.5) is 5.69 Å². The SMILES string of the molecule is O=Nc1c(S(=O)(=O)O)cc(O)c2cn[nH]c12. The van der Waals surface area contributed by atoms with Crippen LogP contribution in [0.5, 0.6) is 5.75 Å². The number of phenols is 1. The number of rotatable bonds is 2. The van der Waals surface area contributed by atoms with Gasteiger partial charge in [0, 0.05) is 6.07 Å². The zero-order chi connectivity index (χ0) is 11.9. The van der Waals surface area contributed by atoms with E-state index in [1.54, 1.807) is 0 Å². The molecular formula is C7H5N3O5S. The quantitative estimate of drug-likeness (QED) is 0.530. The fourth-order valence-electron chi connectivity index (χ4n) is 1.34. The van der Waals surface area contributed by atoms with Crippen LogP contribution >= 0.6 is 0 Å². The molecule has 2 aromatic rings. The van der Waals surface area contributed by atoms with Gasteiger partial charge >= 0.3 is 0 Å². The summed E-state index contributed by atoms with van der Waals surface area (Å²) in [6, 6.07) is 0.740. The maximum Gasteiger partial charge on any atom is 0.297 e. The Morgan fingerprint density at radius 2 is 2.12 bits per heavy atom. The third-order valence-electron chi connectivity index (χ3n) is 2.02. The highest BCUT2D eigenvalue weighted by Crippen LogP contribution is 2.37. The Kier molecular flexibility index (Phi) is 2.14. The average Bonchev–Trinajstić information content (AvgIpc) is 2.65. The first-order valence-corrected chi connectivity index (χ1v) is 5.39. The van der Waals surface area contributed by atoms with E-state index in [0.717, 1.165) is 6.07 Å². The predicted octanol–water partition coefficient (Wildman–Crippen LogP) is 0.913. The van der Waals surface area contributed by atoms with Crippen LogP contribution in [0.25, 0.3) is 10.9 Å². The number of nitroso groups, excluding NO2 is 1. The first kappa shape index (κ1) is 10.5. The van der Waals surface area contributed by atoms with Crippen LogP contribution in [0.1, 0.15) is 0 Å². The standard InChI is InChI=1S/C7H5N3O5S/c11-4-1-5(16(13,14)15)7(10-12)6-3(4)2-8-9-6/h1-2,11H,(H,8,9)(H,13,14,15). The van der Waals surface area contributed by atoms with Crippen LogP contribution in [0, 0.1) is 4.91 Å². The van der Waals surface area contributed by atoms with Gasteiger partial charge in [-0.15, -0.1) is 4.91 Å². The smallest absolute Gasteiger partial charge is 0.297 e. The maximum atomic E-state index is 10.9. The number of hydrogen-bond donors (Lipinski definition) is 3. The summed E-state index contributed by atoms with van der Waals surface area (Å²) in [5, 5.41) is 17.9. The molecule has 84 valence electrons. The Morgan fingerprint density at radius 1 is 1.44 bits per heavy atom. The summed E-state index contributed by atoms with van der Waals surface area (Å²) < 4.78 is 30.7. The van der Waals surface area contributed by atoms with Gasteiger partial charge in [-0.3, -0.25) is 9.65 Å². The average molecular weight is 243 g/mol. The zero-order valence-electron chi connectivity index (χ0n) is 7.58. The molecule has 1 aromatic heterocycles. The van der Waals surface area contributed by atoms with Crippen LogP contribution in [-0.4, -0.2) is 28.3 Å². The molecule has 0 aliphatic rings. The number of phenolic OH excluding ortho intramolecular Hbond substituents is 1. The molecule has 0 radical (unpaired) electrons. The van der Waals surface area contributed by atoms with Gasteiger partial charge < -0.3 is 5.11 Å². The lowest BCUT2D eigenvalue weighted by molar-refractivity contribution is 0.471. The molecule has 0 aliphatic carbocycles. The van der Waals surface area contributed by atoms with Gasteiger partial charge in [-0.2, -0.15) is 13.5 Å². The molecule has 0 unspecified atom stereocenters. The molecule has 0 saturated heterocycles. The summed E-state index contributed by atoms with van der Waals surface area (Å²) in [7, 11) is -4.64. The van der Waals surface area contributed by atoms with Crippen molar-refractivity contribution < 1.29 is 18.1 Å². The highest BCUT2D eigenvalue weighted by molar-refractivity contribution is 7.86. The number of nitrogens with one attached hydrogen (secondary N) is 1. The molecule has 1 aromatic carbocycles. The Labute approximate surface area is 88.6 Å². The van der Waals surface area contributed by atoms with Gasteiger partial charge in [0.2, 0.25) is 0 Å². The molecule has 9 heteroatoms. The lowest BCUT2D eigenvalue weighted by Crippen LogP contribution is -1.98. The Balaban J connectivity index is 3.00. The van der Waals surface area contributed by atoms with E-state index < -0.39 is 26.5 Å². The second-order valence-corrected chi connectivity index (χ2v) is 4.36. The third kappa shape index (κ3) is 1.42. The summed E-state index contributed by atoms with van der Waals surface area (Å²) in [5.41, 5.74) is -0.574. The van der Waals surface area contributed by atoms with E-state index in [4.69, 9.17) is 4.55 Å². The molecule has 3 N–H and O–H groups in total. The largest absolute Gasteiger partial charge is 0.507 e. The minimum Gasteiger partial charge on any atom is -0.507 e. The van der Waals surface area contributed by atoms with Crippen molar-refractivity contribution in [3.8, 4) is 5.75 Å². The first-order chi connectivity index (χ1) is 7.45. The first-order valence-electron chi connectivity index (χ1n) is 3.95. The Hall–Kier alpha value is -2.00. The highest BCUT2D eigenvalue weighted by Gasteiger charge is 2.22. The molecule has 0 aliphatic heterocycles. The number of benzene rings is 1. The molecule has 0 spiro atoms. The topological polar surface area (TPSA) is 133 Å². The second-order valence-electron chi connectivity index (χ2n) is 2.97. The van der Waals surface area contributed by atoms with Crippen molar-refractivity contribution in [1.82, 2.24) is 10.2 Å². The van der Waals surface area contributed by atoms with Gasteiger partial charge in [0.05, 0.1) is 17.1 Å². The van der Waals surface area contributed by atoms with E-state index in [2.05, 4.69) is 15.4 Å². The fourth-order valence-corrected chi connectivity index (χ4v) is 1.99. The summed E-state index contributed by atoms with van der Waals surface area (Å²) in [6.07, 6.45) is 1.20. The molecule has 0 atom stereocenters. The number of aromatic amines is 1. The van der Waals surface area contributed by atoms with E-state index in [1.807, 2.05) is 0 Å². The predicted molar refractivity (Wildman–Crippen MR) is 53.0 cm³/mol. The van der Waals surface area contributed by atoms with Crippen LogP contribution in [0.15, 0.2) is 22.3 Å². The zero-order valence-corrected chi connectivity index (χ0v) is 8.39. The number of aromatic hydroxyl groups is 1. The van der Waals surface area contributed by atoms with Gasteiger partial charge in [-0.1, -0.05) is 0 Å². The fraction of sp³-hybridized carbons (Fsp3) is 0. The Morgan fingerprint density at radius 3 is 2.69 bits per heavy atom. The van der Waals surface area contributed by atoms with Crippen molar-refractivity contribution in [2.24, 2.45) is 5.18 Å². The monoisotopic (exact) mass is 243 g/mol. The van der Waals surface area contributed by atoms with Crippen LogP contribution in [-0.2, 0) is 10.1 Å². The second kappa shape index (κ2) is 3.25. The molecule has 0 saturated carbocycles. The van der Waals surface area contributed by atoms with Crippen molar-refractivity contribution in [2.75, 3.05) is 0 Å². The van der Waals surface area contributed by atoms with Crippen LogP contribution < -0.4 is 0 Å². The van der Waals surface area contributed by atoms with E-state index in [9.17, 15) is 18.4 Å². The lowest BCUT2D eigenvalue weighted by atomic mass is 10.2. The number of hydrogen-bond acceptors (Lipinski definition) is 6. The van der Waals surface area contributed by atoms with Crippen molar-refractivity contribution in [3.63, 3.8) is 0 Å². The van der Waals surface area contributed by atoms with Gasteiger partial charge in [0.15, 0.2) is 5.69 Å². The maximum absolute atomic E-state index is 10.9. The van der Waals surface area contributed by atoms with E-state index in [-0.39, 0.29) is 10.9 Å². The van der Waals surface area contributed by atoms with Crippen molar-refractivity contribution in [1.29, 1.82) is 0 Å². The van der Waals surface area contributed by atoms with Gasteiger partial charge in [0.25, 0.3) is 10.1 Å². The molecule has 2 rings (SSSR count). The normalized spacial score (nSPS) is 11.8. The number of nitrogens with zero attached hydrogens (tertiary/aromatic N) is 2. The number of H-pyrrole nitrogens is 1. The molecule has 0 amide bonds. The van der Waals surface area contributed by atoms with E-state index in [0.29, 0.717) is 0 Å². The third-order valence-corrected chi connectivity index (χ3v) is 2.89. The highest BCUT2D eigenvalue weighted by atomic mass is 32.2. The molecule has 16 heavy (non-hydrogen) atoms. The number of aromatic nitrogens is 2. The summed E-state index contributed by atoms with van der Waals surface area (Å²) in [5.74, 6) is -0.427. The van der Waals surface area contributed by atoms with Crippen molar-refractivity contribution >= 4 is 26.7 Å². The van der Waals surface area contributed by atoms with E-state index in [1.165, 1.54) is 6.20 Å². The molecular weight excluding hydrogens is 238 g/mol. The minimum atomic E-state index is -4.64. The van der Waals surface area contributed by atoms with Gasteiger partial charge in [0.1, 0.15) is 10.6 Å². The summed E-state index contributed by atoms with van der Waals surface area (Å²) in [6.45, 7) is 0. The summed E-state index contributed by atoms with van der Waals surface area (Å²) >= 11 is 0. The Bertz CT molecular complexity index is 675.